The summed E-state index contributed by atoms with van der Waals surface area (Å²) < 4.78 is 26.3. The molecule has 0 spiro atoms. The number of hydrogen-bond acceptors (Lipinski definition) is 2. The molecule has 1 unspecified atom stereocenters. The average Bonchev–Trinajstić information content (AvgIpc) is 2.35. The van der Waals surface area contributed by atoms with Gasteiger partial charge >= 0.3 is 5.97 Å². The van der Waals surface area contributed by atoms with Gasteiger partial charge in [-0.05, 0) is 29.8 Å². The highest BCUT2D eigenvalue weighted by Gasteiger charge is 2.21. The van der Waals surface area contributed by atoms with Gasteiger partial charge in [-0.1, -0.05) is 18.2 Å². The summed E-state index contributed by atoms with van der Waals surface area (Å²) in [6, 6.07) is 10.1. The van der Waals surface area contributed by atoms with E-state index >= 15 is 0 Å². The van der Waals surface area contributed by atoms with Crippen molar-refractivity contribution in [3.05, 3.63) is 65.7 Å². The lowest BCUT2D eigenvalue weighted by Crippen LogP contribution is -2.20. The van der Waals surface area contributed by atoms with Crippen LogP contribution in [0, 0.1) is 11.6 Å². The number of carbonyl (C=O) groups is 1. The molecule has 0 bridgehead atoms. The first-order valence-electron chi connectivity index (χ1n) is 5.56. The highest BCUT2D eigenvalue weighted by molar-refractivity contribution is 5.79. The van der Waals surface area contributed by atoms with Crippen molar-refractivity contribution in [2.45, 2.75) is 6.04 Å². The molecule has 0 amide bonds. The van der Waals surface area contributed by atoms with E-state index in [1.807, 2.05) is 0 Å². The van der Waals surface area contributed by atoms with E-state index < -0.39 is 23.6 Å². The van der Waals surface area contributed by atoms with Gasteiger partial charge in [-0.25, -0.2) is 13.6 Å². The molecule has 0 fully saturated rings. The van der Waals surface area contributed by atoms with Crippen molar-refractivity contribution in [2.75, 3.05) is 5.32 Å². The number of carboxylic acid groups (broad SMARTS) is 1. The molecule has 3 nitrogen and oxygen atoms in total. The van der Waals surface area contributed by atoms with Crippen molar-refractivity contribution in [1.82, 2.24) is 0 Å². The molecule has 0 aromatic heterocycles. The van der Waals surface area contributed by atoms with Crippen LogP contribution in [0.2, 0.25) is 0 Å². The largest absolute Gasteiger partial charge is 0.479 e. The van der Waals surface area contributed by atoms with Gasteiger partial charge in [0.05, 0.1) is 0 Å². The number of hydrogen-bond donors (Lipinski definition) is 2. The minimum Gasteiger partial charge on any atom is -0.479 e. The number of rotatable bonds is 4. The van der Waals surface area contributed by atoms with Gasteiger partial charge in [0.1, 0.15) is 11.6 Å². The Morgan fingerprint density at radius 1 is 1.05 bits per heavy atom. The van der Waals surface area contributed by atoms with Crippen molar-refractivity contribution in [3.8, 4) is 0 Å². The second kappa shape index (κ2) is 5.48. The third kappa shape index (κ3) is 3.28. The van der Waals surface area contributed by atoms with Crippen LogP contribution in [0.3, 0.4) is 0 Å². The Balaban J connectivity index is 2.32. The normalized spacial score (nSPS) is 11.9. The van der Waals surface area contributed by atoms with Gasteiger partial charge in [0.15, 0.2) is 6.04 Å². The Hall–Kier alpha value is -2.43. The molecule has 19 heavy (non-hydrogen) atoms. The lowest BCUT2D eigenvalue weighted by molar-refractivity contribution is -0.138. The van der Waals surface area contributed by atoms with E-state index in [2.05, 4.69) is 5.32 Å². The number of aliphatic carboxylic acids is 1. The molecule has 98 valence electrons. The van der Waals surface area contributed by atoms with Crippen molar-refractivity contribution in [2.24, 2.45) is 0 Å². The van der Waals surface area contributed by atoms with Crippen molar-refractivity contribution < 1.29 is 18.7 Å². The Morgan fingerprint density at radius 2 is 1.63 bits per heavy atom. The Kier molecular flexibility index (Phi) is 3.75. The number of halogens is 2. The molecule has 2 aromatic carbocycles. The minimum atomic E-state index is -1.22. The van der Waals surface area contributed by atoms with Crippen LogP contribution in [0.4, 0.5) is 14.5 Å². The van der Waals surface area contributed by atoms with Crippen LogP contribution in [0.15, 0.2) is 48.5 Å². The molecular weight excluding hydrogens is 252 g/mol. The van der Waals surface area contributed by atoms with E-state index in [-0.39, 0.29) is 5.56 Å². The van der Waals surface area contributed by atoms with Crippen LogP contribution >= 0.6 is 0 Å². The molecule has 0 aliphatic rings. The summed E-state index contributed by atoms with van der Waals surface area (Å²) in [6.07, 6.45) is 0. The van der Waals surface area contributed by atoms with Gasteiger partial charge in [0.2, 0.25) is 0 Å². The molecule has 0 aliphatic heterocycles. The van der Waals surface area contributed by atoms with Gasteiger partial charge < -0.3 is 10.4 Å². The lowest BCUT2D eigenvalue weighted by Gasteiger charge is -2.16. The molecule has 0 saturated heterocycles. The van der Waals surface area contributed by atoms with E-state index in [4.69, 9.17) is 5.11 Å². The molecule has 0 radical (unpaired) electrons. The molecule has 2 N–H and O–H groups in total. The second-order valence-electron chi connectivity index (χ2n) is 3.98. The second-order valence-corrected chi connectivity index (χ2v) is 3.98. The monoisotopic (exact) mass is 263 g/mol. The zero-order valence-corrected chi connectivity index (χ0v) is 9.81. The molecule has 1 atom stereocenters. The minimum absolute atomic E-state index is 0.0221. The Bertz CT molecular complexity index is 567. The van der Waals surface area contributed by atoms with Crippen molar-refractivity contribution in [1.29, 1.82) is 0 Å². The maximum atomic E-state index is 13.1. The van der Waals surface area contributed by atoms with Crippen LogP contribution in [0.5, 0.6) is 0 Å². The molecule has 5 heteroatoms. The standard InChI is InChI=1S/C14H11F2NO2/c15-10-6-9(7-11(16)8-10)13(14(18)19)17-12-4-2-1-3-5-12/h1-8,13,17H,(H,18,19). The number of nitrogens with one attached hydrogen (secondary N) is 1. The van der Waals surface area contributed by atoms with Gasteiger partial charge in [0.25, 0.3) is 0 Å². The summed E-state index contributed by atoms with van der Waals surface area (Å²) in [5.41, 5.74) is 0.577. The quantitative estimate of drug-likeness (QED) is 0.890. The lowest BCUT2D eigenvalue weighted by atomic mass is 10.1. The van der Waals surface area contributed by atoms with Crippen LogP contribution < -0.4 is 5.32 Å². The first-order chi connectivity index (χ1) is 9.06. The summed E-state index contributed by atoms with van der Waals surface area (Å²) in [5.74, 6) is -2.83. The van der Waals surface area contributed by atoms with Gasteiger partial charge in [-0.2, -0.15) is 0 Å². The average molecular weight is 263 g/mol. The van der Waals surface area contributed by atoms with E-state index in [1.165, 1.54) is 0 Å². The predicted octanol–water partition coefficient (Wildman–Crippen LogP) is 3.20. The fourth-order valence-electron chi connectivity index (χ4n) is 1.73. The zero-order valence-electron chi connectivity index (χ0n) is 9.81. The highest BCUT2D eigenvalue weighted by Crippen LogP contribution is 2.21. The van der Waals surface area contributed by atoms with E-state index in [0.29, 0.717) is 11.8 Å². The molecular formula is C14H11F2NO2. The smallest absolute Gasteiger partial charge is 0.330 e. The van der Waals surface area contributed by atoms with Crippen LogP contribution in [0.1, 0.15) is 11.6 Å². The van der Waals surface area contributed by atoms with Gasteiger partial charge in [0, 0.05) is 11.8 Å². The predicted molar refractivity (Wildman–Crippen MR) is 66.8 cm³/mol. The summed E-state index contributed by atoms with van der Waals surface area (Å²) in [4.78, 5) is 11.2. The third-order valence-electron chi connectivity index (χ3n) is 2.55. The van der Waals surface area contributed by atoms with Gasteiger partial charge in [-0.3, -0.25) is 0 Å². The first kappa shape index (κ1) is 13.0. The summed E-state index contributed by atoms with van der Waals surface area (Å²) in [7, 11) is 0. The fourth-order valence-corrected chi connectivity index (χ4v) is 1.73. The molecule has 0 heterocycles. The Labute approximate surface area is 108 Å². The SMILES string of the molecule is O=C(O)C(Nc1ccccc1)c1cc(F)cc(F)c1. The maximum absolute atomic E-state index is 13.1. The van der Waals surface area contributed by atoms with Crippen LogP contribution in [-0.2, 0) is 4.79 Å². The molecule has 0 aliphatic carbocycles. The maximum Gasteiger partial charge on any atom is 0.330 e. The summed E-state index contributed by atoms with van der Waals surface area (Å²) in [5, 5.41) is 11.9. The first-order valence-corrected chi connectivity index (χ1v) is 5.56. The summed E-state index contributed by atoms with van der Waals surface area (Å²) in [6.45, 7) is 0. The van der Waals surface area contributed by atoms with Crippen molar-refractivity contribution >= 4 is 11.7 Å². The summed E-state index contributed by atoms with van der Waals surface area (Å²) >= 11 is 0. The topological polar surface area (TPSA) is 49.3 Å². The number of anilines is 1. The number of benzene rings is 2. The van der Waals surface area contributed by atoms with Crippen molar-refractivity contribution in [3.63, 3.8) is 0 Å². The van der Waals surface area contributed by atoms with E-state index in [9.17, 15) is 13.6 Å². The third-order valence-corrected chi connectivity index (χ3v) is 2.55. The number of para-hydroxylation sites is 1. The van der Waals surface area contributed by atoms with E-state index in [1.54, 1.807) is 30.3 Å². The Morgan fingerprint density at radius 3 is 2.16 bits per heavy atom. The zero-order chi connectivity index (χ0) is 13.8. The molecule has 2 aromatic rings. The number of carboxylic acids is 1. The highest BCUT2D eigenvalue weighted by atomic mass is 19.1. The molecule has 0 saturated carbocycles. The fraction of sp³-hybridized carbons (Fsp3) is 0.0714. The van der Waals surface area contributed by atoms with Crippen LogP contribution in [0.25, 0.3) is 0 Å². The van der Waals surface area contributed by atoms with Crippen LogP contribution in [-0.4, -0.2) is 11.1 Å². The van der Waals surface area contributed by atoms with Gasteiger partial charge in [-0.15, -0.1) is 0 Å². The van der Waals surface area contributed by atoms with E-state index in [0.717, 1.165) is 12.1 Å². The molecule has 2 rings (SSSR count).